The normalized spacial score (nSPS) is 13.0. The lowest BCUT2D eigenvalue weighted by atomic mass is 10.0. The SMILES string of the molecule is Cc1occc1C(N)Cc1ccco1. The molecule has 2 aromatic rings. The van der Waals surface area contributed by atoms with Crippen molar-refractivity contribution in [3.8, 4) is 0 Å². The fourth-order valence-corrected chi connectivity index (χ4v) is 1.53. The van der Waals surface area contributed by atoms with Gasteiger partial charge >= 0.3 is 0 Å². The average molecular weight is 191 g/mol. The van der Waals surface area contributed by atoms with Crippen molar-refractivity contribution in [2.45, 2.75) is 19.4 Å². The molecule has 0 aromatic carbocycles. The molecular weight excluding hydrogens is 178 g/mol. The molecule has 0 aliphatic heterocycles. The molecule has 0 spiro atoms. The molecule has 0 fully saturated rings. The first kappa shape index (κ1) is 9.09. The Morgan fingerprint density at radius 1 is 1.29 bits per heavy atom. The highest BCUT2D eigenvalue weighted by atomic mass is 16.3. The summed E-state index contributed by atoms with van der Waals surface area (Å²) in [5.41, 5.74) is 7.05. The summed E-state index contributed by atoms with van der Waals surface area (Å²) in [4.78, 5) is 0. The molecule has 0 aliphatic carbocycles. The minimum absolute atomic E-state index is 0.0556. The molecule has 0 bridgehead atoms. The Balaban J connectivity index is 2.10. The molecule has 0 aliphatic rings. The van der Waals surface area contributed by atoms with Crippen molar-refractivity contribution >= 4 is 0 Å². The first-order chi connectivity index (χ1) is 6.77. The van der Waals surface area contributed by atoms with E-state index in [1.54, 1.807) is 12.5 Å². The Morgan fingerprint density at radius 3 is 2.71 bits per heavy atom. The van der Waals surface area contributed by atoms with Gasteiger partial charge in [0.25, 0.3) is 0 Å². The lowest BCUT2D eigenvalue weighted by Gasteiger charge is -2.08. The fourth-order valence-electron chi connectivity index (χ4n) is 1.53. The van der Waals surface area contributed by atoms with Gasteiger partial charge in [-0.05, 0) is 25.1 Å². The Kier molecular flexibility index (Phi) is 2.41. The predicted octanol–water partition coefficient (Wildman–Crippen LogP) is 2.42. The van der Waals surface area contributed by atoms with Crippen molar-refractivity contribution < 1.29 is 8.83 Å². The molecule has 0 amide bonds. The standard InChI is InChI=1S/C11H13NO2/c1-8-10(4-6-13-8)11(12)7-9-3-2-5-14-9/h2-6,11H,7,12H2,1H3. The van der Waals surface area contributed by atoms with Crippen LogP contribution in [0.1, 0.15) is 23.1 Å². The molecule has 3 nitrogen and oxygen atoms in total. The van der Waals surface area contributed by atoms with E-state index in [2.05, 4.69) is 0 Å². The van der Waals surface area contributed by atoms with Gasteiger partial charge in [-0.1, -0.05) is 0 Å². The van der Waals surface area contributed by atoms with Crippen LogP contribution >= 0.6 is 0 Å². The summed E-state index contributed by atoms with van der Waals surface area (Å²) in [6.45, 7) is 1.91. The van der Waals surface area contributed by atoms with Gasteiger partial charge in [0.15, 0.2) is 0 Å². The van der Waals surface area contributed by atoms with Crippen LogP contribution in [0.2, 0.25) is 0 Å². The second-order valence-corrected chi connectivity index (χ2v) is 3.32. The number of rotatable bonds is 3. The molecule has 0 saturated carbocycles. The summed E-state index contributed by atoms with van der Waals surface area (Å²) in [6.07, 6.45) is 4.02. The van der Waals surface area contributed by atoms with Gasteiger partial charge in [0.2, 0.25) is 0 Å². The first-order valence-corrected chi connectivity index (χ1v) is 4.59. The number of hydrogen-bond donors (Lipinski definition) is 1. The summed E-state index contributed by atoms with van der Waals surface area (Å²) in [6, 6.07) is 5.64. The largest absolute Gasteiger partial charge is 0.469 e. The average Bonchev–Trinajstić information content (AvgIpc) is 2.75. The molecule has 14 heavy (non-hydrogen) atoms. The third kappa shape index (κ3) is 1.72. The second-order valence-electron chi connectivity index (χ2n) is 3.32. The molecule has 2 N–H and O–H groups in total. The molecule has 3 heteroatoms. The maximum atomic E-state index is 6.01. The third-order valence-electron chi connectivity index (χ3n) is 2.30. The Hall–Kier alpha value is -1.48. The zero-order valence-corrected chi connectivity index (χ0v) is 8.07. The second kappa shape index (κ2) is 3.72. The van der Waals surface area contributed by atoms with Gasteiger partial charge in [0.1, 0.15) is 11.5 Å². The van der Waals surface area contributed by atoms with E-state index in [0.29, 0.717) is 6.42 Å². The molecule has 0 saturated heterocycles. The van der Waals surface area contributed by atoms with Crippen LogP contribution in [0.3, 0.4) is 0 Å². The lowest BCUT2D eigenvalue weighted by Crippen LogP contribution is -2.13. The minimum Gasteiger partial charge on any atom is -0.469 e. The van der Waals surface area contributed by atoms with Crippen molar-refractivity contribution in [3.05, 3.63) is 47.8 Å². The number of hydrogen-bond acceptors (Lipinski definition) is 3. The van der Waals surface area contributed by atoms with Crippen LogP contribution < -0.4 is 5.73 Å². The van der Waals surface area contributed by atoms with E-state index in [0.717, 1.165) is 17.1 Å². The number of aryl methyl sites for hydroxylation is 1. The lowest BCUT2D eigenvalue weighted by molar-refractivity contribution is 0.482. The van der Waals surface area contributed by atoms with Crippen LogP contribution in [0.4, 0.5) is 0 Å². The van der Waals surface area contributed by atoms with Crippen LogP contribution in [0, 0.1) is 6.92 Å². The smallest absolute Gasteiger partial charge is 0.105 e. The summed E-state index contributed by atoms with van der Waals surface area (Å²) in [7, 11) is 0. The summed E-state index contributed by atoms with van der Waals surface area (Å²) < 4.78 is 10.4. The number of furan rings is 2. The molecule has 2 heterocycles. The maximum Gasteiger partial charge on any atom is 0.105 e. The van der Waals surface area contributed by atoms with Gasteiger partial charge in [0.05, 0.1) is 12.5 Å². The highest BCUT2D eigenvalue weighted by Gasteiger charge is 2.12. The highest BCUT2D eigenvalue weighted by Crippen LogP contribution is 2.20. The van der Waals surface area contributed by atoms with Crippen LogP contribution in [0.5, 0.6) is 0 Å². The third-order valence-corrected chi connectivity index (χ3v) is 2.30. The Bertz CT molecular complexity index is 389. The van der Waals surface area contributed by atoms with Crippen LogP contribution in [0.25, 0.3) is 0 Å². The molecule has 2 aromatic heterocycles. The zero-order chi connectivity index (χ0) is 9.97. The molecule has 0 radical (unpaired) electrons. The van der Waals surface area contributed by atoms with Crippen LogP contribution in [-0.2, 0) is 6.42 Å². The zero-order valence-electron chi connectivity index (χ0n) is 8.07. The van der Waals surface area contributed by atoms with E-state index in [-0.39, 0.29) is 6.04 Å². The van der Waals surface area contributed by atoms with Gasteiger partial charge in [-0.2, -0.15) is 0 Å². The summed E-state index contributed by atoms with van der Waals surface area (Å²) in [5, 5.41) is 0. The molecule has 2 rings (SSSR count). The molecule has 74 valence electrons. The monoisotopic (exact) mass is 191 g/mol. The predicted molar refractivity (Wildman–Crippen MR) is 52.8 cm³/mol. The van der Waals surface area contributed by atoms with E-state index in [1.165, 1.54) is 0 Å². The Labute approximate surface area is 82.5 Å². The van der Waals surface area contributed by atoms with Crippen molar-refractivity contribution in [1.82, 2.24) is 0 Å². The minimum atomic E-state index is -0.0556. The van der Waals surface area contributed by atoms with Crippen LogP contribution in [0.15, 0.2) is 39.6 Å². The van der Waals surface area contributed by atoms with Crippen molar-refractivity contribution in [3.63, 3.8) is 0 Å². The van der Waals surface area contributed by atoms with Crippen molar-refractivity contribution in [2.75, 3.05) is 0 Å². The van der Waals surface area contributed by atoms with Crippen molar-refractivity contribution in [1.29, 1.82) is 0 Å². The fraction of sp³-hybridized carbons (Fsp3) is 0.273. The van der Waals surface area contributed by atoms with Gasteiger partial charge in [-0.15, -0.1) is 0 Å². The maximum absolute atomic E-state index is 6.01. The van der Waals surface area contributed by atoms with E-state index in [1.807, 2.05) is 25.1 Å². The quantitative estimate of drug-likeness (QED) is 0.810. The van der Waals surface area contributed by atoms with Gasteiger partial charge in [0, 0.05) is 18.0 Å². The first-order valence-electron chi connectivity index (χ1n) is 4.59. The van der Waals surface area contributed by atoms with Crippen molar-refractivity contribution in [2.24, 2.45) is 5.73 Å². The molecular formula is C11H13NO2. The summed E-state index contributed by atoms with van der Waals surface area (Å²) in [5.74, 6) is 1.78. The molecule has 1 atom stereocenters. The Morgan fingerprint density at radius 2 is 2.14 bits per heavy atom. The van der Waals surface area contributed by atoms with Gasteiger partial charge < -0.3 is 14.6 Å². The van der Waals surface area contributed by atoms with Crippen LogP contribution in [-0.4, -0.2) is 0 Å². The topological polar surface area (TPSA) is 52.3 Å². The van der Waals surface area contributed by atoms with E-state index in [4.69, 9.17) is 14.6 Å². The van der Waals surface area contributed by atoms with E-state index in [9.17, 15) is 0 Å². The molecule has 1 unspecified atom stereocenters. The van der Waals surface area contributed by atoms with Gasteiger partial charge in [-0.25, -0.2) is 0 Å². The van der Waals surface area contributed by atoms with Gasteiger partial charge in [-0.3, -0.25) is 0 Å². The number of nitrogens with two attached hydrogens (primary N) is 1. The highest BCUT2D eigenvalue weighted by molar-refractivity contribution is 5.21. The summed E-state index contributed by atoms with van der Waals surface area (Å²) >= 11 is 0. The van der Waals surface area contributed by atoms with E-state index >= 15 is 0 Å². The van der Waals surface area contributed by atoms with E-state index < -0.39 is 0 Å².